The summed E-state index contributed by atoms with van der Waals surface area (Å²) in [5, 5.41) is 0.615. The van der Waals surface area contributed by atoms with Gasteiger partial charge in [-0.25, -0.2) is 9.78 Å². The molecule has 0 aliphatic carbocycles. The number of para-hydroxylation sites is 3. The van der Waals surface area contributed by atoms with Crippen LogP contribution in [0.3, 0.4) is 0 Å². The van der Waals surface area contributed by atoms with Gasteiger partial charge in [0.15, 0.2) is 0 Å². The lowest BCUT2D eigenvalue weighted by molar-refractivity contribution is 0.550. The average molecular weight is 320 g/mol. The van der Waals surface area contributed by atoms with Crippen LogP contribution in [-0.4, -0.2) is 19.1 Å². The molecule has 2 heterocycles. The molecule has 4 rings (SSSR count). The molecule has 2 aromatic heterocycles. The van der Waals surface area contributed by atoms with Gasteiger partial charge in [-0.3, -0.25) is 13.9 Å². The van der Waals surface area contributed by atoms with E-state index < -0.39 is 0 Å². The number of hydrogen-bond donors (Lipinski definition) is 1. The number of benzene rings is 2. The average Bonchev–Trinajstić information content (AvgIpc) is 2.93. The molecule has 0 saturated carbocycles. The molecule has 6 heteroatoms. The molecule has 2 aromatic carbocycles. The van der Waals surface area contributed by atoms with Crippen LogP contribution in [0.25, 0.3) is 21.9 Å². The van der Waals surface area contributed by atoms with E-state index in [1.54, 1.807) is 21.5 Å². The van der Waals surface area contributed by atoms with E-state index in [1.165, 1.54) is 0 Å². The number of aromatic amines is 1. The molecule has 0 saturated heterocycles. The van der Waals surface area contributed by atoms with E-state index in [2.05, 4.69) is 9.97 Å². The molecule has 0 fully saturated rings. The standard InChI is InChI=1S/C18H16N4O2/c23-17-13-6-1-2-7-14(13)19-12-21(17)10-5-11-22-16-9-4-3-8-15(16)20-18(22)24/h1-4,6-9,12H,5,10-11H2,(H,20,24). The Bertz CT molecular complexity index is 1140. The Morgan fingerprint density at radius 3 is 2.67 bits per heavy atom. The van der Waals surface area contributed by atoms with Crippen molar-refractivity contribution in [3.8, 4) is 0 Å². The maximum atomic E-state index is 12.4. The smallest absolute Gasteiger partial charge is 0.306 e. The molecule has 6 nitrogen and oxygen atoms in total. The maximum absolute atomic E-state index is 12.4. The fraction of sp³-hybridized carbons (Fsp3) is 0.167. The van der Waals surface area contributed by atoms with Crippen molar-refractivity contribution in [1.29, 1.82) is 0 Å². The topological polar surface area (TPSA) is 72.7 Å². The fourth-order valence-corrected chi connectivity index (χ4v) is 2.99. The Labute approximate surface area is 137 Å². The van der Waals surface area contributed by atoms with Crippen LogP contribution < -0.4 is 11.2 Å². The first kappa shape index (κ1) is 14.4. The molecule has 0 spiro atoms. The van der Waals surface area contributed by atoms with Crippen molar-refractivity contribution in [3.63, 3.8) is 0 Å². The minimum absolute atomic E-state index is 0.0492. The van der Waals surface area contributed by atoms with E-state index >= 15 is 0 Å². The highest BCUT2D eigenvalue weighted by molar-refractivity contribution is 5.77. The highest BCUT2D eigenvalue weighted by Gasteiger charge is 2.07. The molecule has 0 amide bonds. The Morgan fingerprint density at radius 1 is 0.958 bits per heavy atom. The van der Waals surface area contributed by atoms with E-state index in [9.17, 15) is 9.59 Å². The minimum Gasteiger partial charge on any atom is -0.306 e. The van der Waals surface area contributed by atoms with Gasteiger partial charge in [0.05, 0.1) is 28.3 Å². The third-order valence-electron chi connectivity index (χ3n) is 4.19. The Balaban J connectivity index is 1.57. The van der Waals surface area contributed by atoms with Gasteiger partial charge in [0.25, 0.3) is 5.56 Å². The second-order valence-electron chi connectivity index (χ2n) is 5.71. The van der Waals surface area contributed by atoms with E-state index in [0.29, 0.717) is 30.4 Å². The maximum Gasteiger partial charge on any atom is 0.326 e. The lowest BCUT2D eigenvalue weighted by Gasteiger charge is -2.07. The van der Waals surface area contributed by atoms with Gasteiger partial charge >= 0.3 is 5.69 Å². The Hall–Kier alpha value is -3.15. The summed E-state index contributed by atoms with van der Waals surface area (Å²) in [6.07, 6.45) is 2.24. The number of fused-ring (bicyclic) bond motifs is 2. The van der Waals surface area contributed by atoms with Gasteiger partial charge in [0, 0.05) is 13.1 Å². The fourth-order valence-electron chi connectivity index (χ4n) is 2.99. The van der Waals surface area contributed by atoms with Crippen molar-refractivity contribution in [2.24, 2.45) is 0 Å². The summed E-state index contributed by atoms with van der Waals surface area (Å²) in [7, 11) is 0. The first-order valence-electron chi connectivity index (χ1n) is 7.86. The van der Waals surface area contributed by atoms with Crippen LogP contribution in [-0.2, 0) is 13.1 Å². The first-order chi connectivity index (χ1) is 11.7. The van der Waals surface area contributed by atoms with Crippen molar-refractivity contribution >= 4 is 21.9 Å². The normalized spacial score (nSPS) is 11.3. The van der Waals surface area contributed by atoms with Crippen molar-refractivity contribution in [2.45, 2.75) is 19.5 Å². The van der Waals surface area contributed by atoms with Gasteiger partial charge < -0.3 is 4.98 Å². The SMILES string of the molecule is O=c1c2ccccc2ncn1CCCn1c(=O)[nH]c2ccccc21. The summed E-state index contributed by atoms with van der Waals surface area (Å²) in [6, 6.07) is 14.9. The van der Waals surface area contributed by atoms with Crippen molar-refractivity contribution < 1.29 is 0 Å². The van der Waals surface area contributed by atoms with Crippen molar-refractivity contribution in [3.05, 3.63) is 75.7 Å². The number of imidazole rings is 1. The lowest BCUT2D eigenvalue weighted by Crippen LogP contribution is -2.23. The number of nitrogens with one attached hydrogen (secondary N) is 1. The summed E-state index contributed by atoms with van der Waals surface area (Å²) < 4.78 is 3.30. The van der Waals surface area contributed by atoms with Gasteiger partial charge in [0.1, 0.15) is 0 Å². The highest BCUT2D eigenvalue weighted by atomic mass is 16.1. The second-order valence-corrected chi connectivity index (χ2v) is 5.71. The number of nitrogens with zero attached hydrogens (tertiary/aromatic N) is 3. The number of rotatable bonds is 4. The van der Waals surface area contributed by atoms with Gasteiger partial charge in [-0.1, -0.05) is 24.3 Å². The zero-order chi connectivity index (χ0) is 16.5. The van der Waals surface area contributed by atoms with Crippen molar-refractivity contribution in [1.82, 2.24) is 19.1 Å². The van der Waals surface area contributed by atoms with Crippen LogP contribution in [0, 0.1) is 0 Å². The van der Waals surface area contributed by atoms with E-state index in [4.69, 9.17) is 0 Å². The molecule has 0 aliphatic heterocycles. The third-order valence-corrected chi connectivity index (χ3v) is 4.19. The Kier molecular flexibility index (Phi) is 3.49. The van der Waals surface area contributed by atoms with Crippen molar-refractivity contribution in [2.75, 3.05) is 0 Å². The highest BCUT2D eigenvalue weighted by Crippen LogP contribution is 2.10. The van der Waals surface area contributed by atoms with Crippen LogP contribution in [0.5, 0.6) is 0 Å². The summed E-state index contributed by atoms with van der Waals surface area (Å²) in [4.78, 5) is 31.6. The Morgan fingerprint density at radius 2 is 1.75 bits per heavy atom. The minimum atomic E-state index is -0.125. The van der Waals surface area contributed by atoms with Crippen LogP contribution in [0.15, 0.2) is 64.4 Å². The van der Waals surface area contributed by atoms with Crippen LogP contribution in [0.2, 0.25) is 0 Å². The number of hydrogen-bond acceptors (Lipinski definition) is 3. The molecular formula is C18H16N4O2. The molecule has 0 radical (unpaired) electrons. The van der Waals surface area contributed by atoms with E-state index in [0.717, 1.165) is 11.0 Å². The molecular weight excluding hydrogens is 304 g/mol. The number of aryl methyl sites for hydroxylation is 2. The largest absolute Gasteiger partial charge is 0.326 e. The van der Waals surface area contributed by atoms with Gasteiger partial charge in [-0.05, 0) is 30.7 Å². The van der Waals surface area contributed by atoms with Gasteiger partial charge in [-0.2, -0.15) is 0 Å². The molecule has 120 valence electrons. The molecule has 1 N–H and O–H groups in total. The van der Waals surface area contributed by atoms with Crippen LogP contribution in [0.4, 0.5) is 0 Å². The summed E-state index contributed by atoms with van der Waals surface area (Å²) in [5.41, 5.74) is 2.23. The zero-order valence-corrected chi connectivity index (χ0v) is 13.0. The molecule has 4 aromatic rings. The van der Waals surface area contributed by atoms with Gasteiger partial charge in [-0.15, -0.1) is 0 Å². The monoisotopic (exact) mass is 320 g/mol. The third kappa shape index (κ3) is 2.42. The first-order valence-corrected chi connectivity index (χ1v) is 7.86. The predicted molar refractivity (Wildman–Crippen MR) is 93.2 cm³/mol. The van der Waals surface area contributed by atoms with E-state index in [1.807, 2.05) is 42.5 Å². The number of H-pyrrole nitrogens is 1. The molecule has 24 heavy (non-hydrogen) atoms. The lowest BCUT2D eigenvalue weighted by atomic mass is 10.2. The summed E-state index contributed by atoms with van der Waals surface area (Å²) >= 11 is 0. The zero-order valence-electron chi connectivity index (χ0n) is 13.0. The second kappa shape index (κ2) is 5.81. The molecule has 0 aliphatic rings. The van der Waals surface area contributed by atoms with Gasteiger partial charge in [0.2, 0.25) is 0 Å². The summed E-state index contributed by atoms with van der Waals surface area (Å²) in [6.45, 7) is 1.06. The predicted octanol–water partition coefficient (Wildman–Crippen LogP) is 2.13. The molecule has 0 bridgehead atoms. The molecule has 0 unspecified atom stereocenters. The van der Waals surface area contributed by atoms with Crippen LogP contribution in [0.1, 0.15) is 6.42 Å². The quantitative estimate of drug-likeness (QED) is 0.626. The van der Waals surface area contributed by atoms with Crippen LogP contribution >= 0.6 is 0 Å². The molecule has 0 atom stereocenters. The summed E-state index contributed by atoms with van der Waals surface area (Å²) in [5.74, 6) is 0. The van der Waals surface area contributed by atoms with E-state index in [-0.39, 0.29) is 11.2 Å². The number of aromatic nitrogens is 4.